The van der Waals surface area contributed by atoms with Gasteiger partial charge in [-0.25, -0.2) is 4.98 Å². The van der Waals surface area contributed by atoms with Crippen LogP contribution in [-0.4, -0.2) is 15.9 Å². The number of rotatable bonds is 6. The second-order valence-corrected chi connectivity index (χ2v) is 6.68. The van der Waals surface area contributed by atoms with E-state index in [9.17, 15) is 4.79 Å². The third kappa shape index (κ3) is 4.19. The van der Waals surface area contributed by atoms with Crippen molar-refractivity contribution in [2.45, 2.75) is 6.54 Å². The molecular weight excluding hydrogens is 376 g/mol. The van der Waals surface area contributed by atoms with E-state index in [2.05, 4.69) is 9.97 Å². The molecule has 2 aromatic heterocycles. The molecule has 148 valence electrons. The van der Waals surface area contributed by atoms with Gasteiger partial charge in [0.1, 0.15) is 17.2 Å². The van der Waals surface area contributed by atoms with Crippen molar-refractivity contribution in [1.29, 1.82) is 0 Å². The van der Waals surface area contributed by atoms with Crippen LogP contribution in [0.3, 0.4) is 0 Å². The van der Waals surface area contributed by atoms with Gasteiger partial charge in [0.05, 0.1) is 5.69 Å². The van der Waals surface area contributed by atoms with Gasteiger partial charge in [-0.05, 0) is 60.2 Å². The number of carbonyl (C=O) groups is 1. The predicted molar refractivity (Wildman–Crippen MR) is 116 cm³/mol. The molecule has 0 atom stereocenters. The summed E-state index contributed by atoms with van der Waals surface area (Å²) in [7, 11) is 0. The van der Waals surface area contributed by atoms with Crippen molar-refractivity contribution in [3.63, 3.8) is 0 Å². The highest BCUT2D eigenvalue weighted by Gasteiger charge is 2.10. The van der Waals surface area contributed by atoms with E-state index in [0.717, 1.165) is 22.3 Å². The Morgan fingerprint density at radius 2 is 1.77 bits per heavy atom. The standard InChI is InChI=1S/C24H20N4O2/c25-14-16-6-11-23(20(13-16)18-3-2-12-27-15-18)30-19-9-7-17(8-10-19)21-4-1-5-22(28-21)24(26)29/h1-13,15H,14,25H2,(H2,26,29). The molecule has 0 saturated heterocycles. The number of pyridine rings is 2. The fourth-order valence-electron chi connectivity index (χ4n) is 3.09. The zero-order valence-electron chi connectivity index (χ0n) is 16.2. The molecule has 0 bridgehead atoms. The number of carbonyl (C=O) groups excluding carboxylic acids is 1. The first kappa shape index (κ1) is 19.3. The van der Waals surface area contributed by atoms with Gasteiger partial charge in [0, 0.05) is 35.6 Å². The van der Waals surface area contributed by atoms with Crippen LogP contribution in [0.25, 0.3) is 22.4 Å². The van der Waals surface area contributed by atoms with Gasteiger partial charge in [0.25, 0.3) is 5.91 Å². The highest BCUT2D eigenvalue weighted by atomic mass is 16.5. The first-order chi connectivity index (χ1) is 14.6. The molecule has 0 aliphatic carbocycles. The number of nitrogens with zero attached hydrogens (tertiary/aromatic N) is 2. The van der Waals surface area contributed by atoms with Gasteiger partial charge in [-0.15, -0.1) is 0 Å². The van der Waals surface area contributed by atoms with Crippen molar-refractivity contribution >= 4 is 5.91 Å². The average Bonchev–Trinajstić information content (AvgIpc) is 2.80. The molecule has 0 saturated carbocycles. The molecule has 0 aliphatic rings. The molecule has 4 aromatic rings. The maximum Gasteiger partial charge on any atom is 0.267 e. The van der Waals surface area contributed by atoms with E-state index in [1.165, 1.54) is 0 Å². The van der Waals surface area contributed by atoms with Crippen LogP contribution in [0, 0.1) is 0 Å². The third-order valence-electron chi connectivity index (χ3n) is 4.63. The van der Waals surface area contributed by atoms with E-state index in [1.54, 1.807) is 24.5 Å². The minimum Gasteiger partial charge on any atom is -0.457 e. The molecule has 2 heterocycles. The van der Waals surface area contributed by atoms with Crippen molar-refractivity contribution in [3.8, 4) is 33.9 Å². The molecule has 4 rings (SSSR count). The molecule has 1 amide bonds. The van der Waals surface area contributed by atoms with Crippen LogP contribution in [0.1, 0.15) is 16.1 Å². The molecule has 2 aromatic carbocycles. The zero-order valence-corrected chi connectivity index (χ0v) is 16.2. The van der Waals surface area contributed by atoms with Crippen LogP contribution < -0.4 is 16.2 Å². The summed E-state index contributed by atoms with van der Waals surface area (Å²) >= 11 is 0. The molecule has 0 aliphatic heterocycles. The number of hydrogen-bond acceptors (Lipinski definition) is 5. The van der Waals surface area contributed by atoms with Crippen LogP contribution in [0.2, 0.25) is 0 Å². The molecule has 0 fully saturated rings. The Hall–Kier alpha value is -4.03. The van der Waals surface area contributed by atoms with E-state index in [1.807, 2.05) is 60.7 Å². The van der Waals surface area contributed by atoms with Gasteiger partial charge >= 0.3 is 0 Å². The van der Waals surface area contributed by atoms with Crippen molar-refractivity contribution in [2.75, 3.05) is 0 Å². The molecular formula is C24H20N4O2. The smallest absolute Gasteiger partial charge is 0.267 e. The average molecular weight is 396 g/mol. The third-order valence-corrected chi connectivity index (χ3v) is 4.63. The summed E-state index contributed by atoms with van der Waals surface area (Å²) in [6.07, 6.45) is 3.53. The van der Waals surface area contributed by atoms with Crippen molar-refractivity contribution in [3.05, 3.63) is 96.4 Å². The second kappa shape index (κ2) is 8.55. The summed E-state index contributed by atoms with van der Waals surface area (Å²) in [6.45, 7) is 0.444. The van der Waals surface area contributed by atoms with E-state index in [0.29, 0.717) is 23.7 Å². The Balaban J connectivity index is 1.63. The Morgan fingerprint density at radius 3 is 2.47 bits per heavy atom. The highest BCUT2D eigenvalue weighted by Crippen LogP contribution is 2.34. The minimum absolute atomic E-state index is 0.230. The molecule has 0 radical (unpaired) electrons. The molecule has 6 nitrogen and oxygen atoms in total. The SMILES string of the molecule is NCc1ccc(Oc2ccc(-c3cccc(C(N)=O)n3)cc2)c(-c2cccnc2)c1. The molecule has 4 N–H and O–H groups in total. The minimum atomic E-state index is -0.555. The van der Waals surface area contributed by atoms with Gasteiger partial charge in [0.2, 0.25) is 0 Å². The Bertz CT molecular complexity index is 1180. The summed E-state index contributed by atoms with van der Waals surface area (Å²) in [5.74, 6) is 0.831. The number of benzene rings is 2. The van der Waals surface area contributed by atoms with Crippen molar-refractivity contribution in [1.82, 2.24) is 9.97 Å². The quantitative estimate of drug-likeness (QED) is 0.509. The summed E-state index contributed by atoms with van der Waals surface area (Å²) in [5.41, 5.74) is 15.8. The Kier molecular flexibility index (Phi) is 5.50. The number of hydrogen-bond donors (Lipinski definition) is 2. The van der Waals surface area contributed by atoms with Gasteiger partial charge in [-0.1, -0.05) is 18.2 Å². The fraction of sp³-hybridized carbons (Fsp3) is 0.0417. The van der Waals surface area contributed by atoms with Crippen molar-refractivity contribution < 1.29 is 9.53 Å². The molecule has 30 heavy (non-hydrogen) atoms. The van der Waals surface area contributed by atoms with Crippen LogP contribution in [-0.2, 0) is 6.54 Å². The lowest BCUT2D eigenvalue weighted by atomic mass is 10.0. The number of nitrogens with two attached hydrogens (primary N) is 2. The fourth-order valence-corrected chi connectivity index (χ4v) is 3.09. The zero-order chi connectivity index (χ0) is 20.9. The van der Waals surface area contributed by atoms with Crippen LogP contribution in [0.15, 0.2) is 85.2 Å². The number of primary amides is 1. The van der Waals surface area contributed by atoms with E-state index < -0.39 is 5.91 Å². The summed E-state index contributed by atoms with van der Waals surface area (Å²) in [4.78, 5) is 19.9. The maximum absolute atomic E-state index is 11.4. The molecule has 0 spiro atoms. The normalized spacial score (nSPS) is 10.6. The van der Waals surface area contributed by atoms with Gasteiger partial charge in [0.15, 0.2) is 0 Å². The second-order valence-electron chi connectivity index (χ2n) is 6.68. The van der Waals surface area contributed by atoms with Gasteiger partial charge < -0.3 is 16.2 Å². The maximum atomic E-state index is 11.4. The Morgan fingerprint density at radius 1 is 0.933 bits per heavy atom. The first-order valence-electron chi connectivity index (χ1n) is 9.42. The largest absolute Gasteiger partial charge is 0.457 e. The predicted octanol–water partition coefficient (Wildman–Crippen LogP) is 4.16. The number of amides is 1. The van der Waals surface area contributed by atoms with Gasteiger partial charge in [-0.3, -0.25) is 9.78 Å². The van der Waals surface area contributed by atoms with E-state index >= 15 is 0 Å². The first-order valence-corrected chi connectivity index (χ1v) is 9.42. The topological polar surface area (TPSA) is 104 Å². The molecule has 0 unspecified atom stereocenters. The lowest BCUT2D eigenvalue weighted by Gasteiger charge is -2.13. The lowest BCUT2D eigenvalue weighted by Crippen LogP contribution is -2.12. The monoisotopic (exact) mass is 396 g/mol. The van der Waals surface area contributed by atoms with E-state index in [-0.39, 0.29) is 5.69 Å². The highest BCUT2D eigenvalue weighted by molar-refractivity contribution is 5.91. The van der Waals surface area contributed by atoms with Gasteiger partial charge in [-0.2, -0.15) is 0 Å². The van der Waals surface area contributed by atoms with Crippen LogP contribution >= 0.6 is 0 Å². The number of aromatic nitrogens is 2. The summed E-state index contributed by atoms with van der Waals surface area (Å²) in [6, 6.07) is 22.4. The summed E-state index contributed by atoms with van der Waals surface area (Å²) < 4.78 is 6.15. The van der Waals surface area contributed by atoms with Crippen molar-refractivity contribution in [2.24, 2.45) is 11.5 Å². The Labute approximate surface area is 174 Å². The lowest BCUT2D eigenvalue weighted by molar-refractivity contribution is 0.0995. The van der Waals surface area contributed by atoms with Crippen LogP contribution in [0.5, 0.6) is 11.5 Å². The summed E-state index contributed by atoms with van der Waals surface area (Å²) in [5, 5.41) is 0. The molecule has 6 heteroatoms. The number of ether oxygens (including phenoxy) is 1. The van der Waals surface area contributed by atoms with Crippen LogP contribution in [0.4, 0.5) is 0 Å². The van der Waals surface area contributed by atoms with E-state index in [4.69, 9.17) is 16.2 Å².